The maximum Gasteiger partial charge on any atom is 0.193 e. The Hall–Kier alpha value is -0.300. The van der Waals surface area contributed by atoms with Gasteiger partial charge in [-0.15, -0.1) is 30.6 Å². The van der Waals surface area contributed by atoms with E-state index in [1.807, 2.05) is 6.08 Å². The first kappa shape index (κ1) is 20.7. The Kier molecular flexibility index (Phi) is 12.1. The van der Waals surface area contributed by atoms with Gasteiger partial charge >= 0.3 is 0 Å². The van der Waals surface area contributed by atoms with Crippen molar-refractivity contribution < 1.29 is 0 Å². The van der Waals surface area contributed by atoms with Crippen LogP contribution in [0.3, 0.4) is 0 Å². The molecule has 0 aliphatic carbocycles. The number of rotatable bonds is 8. The van der Waals surface area contributed by atoms with E-state index < -0.39 is 0 Å². The van der Waals surface area contributed by atoms with Gasteiger partial charge in [0.1, 0.15) is 0 Å². The second-order valence-corrected chi connectivity index (χ2v) is 5.60. The van der Waals surface area contributed by atoms with E-state index in [1.54, 1.807) is 0 Å². The van der Waals surface area contributed by atoms with Crippen LogP contribution < -0.4 is 5.32 Å². The number of likely N-dealkylation sites (tertiary alicyclic amines) is 1. The van der Waals surface area contributed by atoms with Gasteiger partial charge in [-0.3, -0.25) is 4.99 Å². The van der Waals surface area contributed by atoms with Crippen molar-refractivity contribution in [1.29, 1.82) is 0 Å². The zero-order chi connectivity index (χ0) is 14.8. The van der Waals surface area contributed by atoms with Crippen molar-refractivity contribution in [3.8, 4) is 0 Å². The van der Waals surface area contributed by atoms with Crippen molar-refractivity contribution >= 4 is 29.9 Å². The van der Waals surface area contributed by atoms with Crippen molar-refractivity contribution in [2.75, 3.05) is 46.3 Å². The highest BCUT2D eigenvalue weighted by Crippen LogP contribution is 2.15. The summed E-state index contributed by atoms with van der Waals surface area (Å²) in [5.74, 6) is 1.77. The number of unbranched alkanes of at least 4 members (excludes halogenated alkanes) is 1. The van der Waals surface area contributed by atoms with Crippen LogP contribution in [0, 0.1) is 5.92 Å². The van der Waals surface area contributed by atoms with Crippen LogP contribution in [-0.4, -0.2) is 62.1 Å². The van der Waals surface area contributed by atoms with Gasteiger partial charge in [-0.25, -0.2) is 0 Å². The van der Waals surface area contributed by atoms with Crippen LogP contribution in [0.5, 0.6) is 0 Å². The highest BCUT2D eigenvalue weighted by molar-refractivity contribution is 14.0. The van der Waals surface area contributed by atoms with Gasteiger partial charge in [0.25, 0.3) is 0 Å². The molecule has 0 saturated carbocycles. The van der Waals surface area contributed by atoms with Gasteiger partial charge < -0.3 is 15.1 Å². The summed E-state index contributed by atoms with van der Waals surface area (Å²) in [6.45, 7) is 14.7. The highest BCUT2D eigenvalue weighted by Gasteiger charge is 2.20. The minimum absolute atomic E-state index is 0. The number of hydrogen-bond acceptors (Lipinski definition) is 2. The predicted octanol–water partition coefficient (Wildman–Crippen LogP) is 2.81. The summed E-state index contributed by atoms with van der Waals surface area (Å²) in [4.78, 5) is 9.57. The Morgan fingerprint density at radius 3 is 2.81 bits per heavy atom. The minimum Gasteiger partial charge on any atom is -0.357 e. The molecule has 1 saturated heterocycles. The van der Waals surface area contributed by atoms with E-state index in [0.29, 0.717) is 0 Å². The summed E-state index contributed by atoms with van der Waals surface area (Å²) in [5.41, 5.74) is 0. The van der Waals surface area contributed by atoms with Gasteiger partial charge in [0.15, 0.2) is 5.96 Å². The van der Waals surface area contributed by atoms with E-state index in [2.05, 4.69) is 42.6 Å². The Bertz CT molecular complexity index is 307. The lowest BCUT2D eigenvalue weighted by Crippen LogP contribution is -2.39. The minimum atomic E-state index is 0. The molecule has 1 aliphatic rings. The monoisotopic (exact) mass is 408 g/mol. The summed E-state index contributed by atoms with van der Waals surface area (Å²) in [7, 11) is 2.12. The van der Waals surface area contributed by atoms with E-state index in [-0.39, 0.29) is 24.0 Å². The van der Waals surface area contributed by atoms with Crippen LogP contribution >= 0.6 is 24.0 Å². The van der Waals surface area contributed by atoms with E-state index >= 15 is 0 Å². The van der Waals surface area contributed by atoms with E-state index in [1.165, 1.54) is 26.1 Å². The number of nitrogens with one attached hydrogen (secondary N) is 1. The van der Waals surface area contributed by atoms with Crippen molar-refractivity contribution in [2.45, 2.75) is 33.1 Å². The molecular formula is C16H33IN4. The molecule has 0 aromatic heterocycles. The molecule has 0 bridgehead atoms. The molecule has 0 aromatic carbocycles. The van der Waals surface area contributed by atoms with Crippen LogP contribution in [0.4, 0.5) is 0 Å². The van der Waals surface area contributed by atoms with Gasteiger partial charge in [-0.1, -0.05) is 13.0 Å². The van der Waals surface area contributed by atoms with Gasteiger partial charge in [-0.05, 0) is 45.2 Å². The van der Waals surface area contributed by atoms with Gasteiger partial charge in [0, 0.05) is 33.2 Å². The summed E-state index contributed by atoms with van der Waals surface area (Å²) >= 11 is 0. The van der Waals surface area contributed by atoms with Gasteiger partial charge in [-0.2, -0.15) is 0 Å². The normalized spacial score (nSPS) is 19.2. The molecule has 4 nitrogen and oxygen atoms in total. The molecule has 0 spiro atoms. The number of halogens is 1. The van der Waals surface area contributed by atoms with Crippen molar-refractivity contribution in [3.63, 3.8) is 0 Å². The summed E-state index contributed by atoms with van der Waals surface area (Å²) < 4.78 is 0. The topological polar surface area (TPSA) is 30.9 Å². The lowest BCUT2D eigenvalue weighted by molar-refractivity contribution is 0.343. The van der Waals surface area contributed by atoms with Crippen LogP contribution in [0.25, 0.3) is 0 Å². The van der Waals surface area contributed by atoms with Crippen molar-refractivity contribution in [1.82, 2.24) is 15.1 Å². The van der Waals surface area contributed by atoms with E-state index in [0.717, 1.165) is 44.4 Å². The Balaban J connectivity index is 0.00000400. The fraction of sp³-hybridized carbons (Fsp3) is 0.812. The average Bonchev–Trinajstić information content (AvgIpc) is 2.91. The molecular weight excluding hydrogens is 375 g/mol. The van der Waals surface area contributed by atoms with Gasteiger partial charge in [0.05, 0.1) is 0 Å². The first-order valence-corrected chi connectivity index (χ1v) is 8.03. The molecule has 21 heavy (non-hydrogen) atoms. The predicted molar refractivity (Wildman–Crippen MR) is 104 cm³/mol. The molecule has 1 heterocycles. The third-order valence-corrected chi connectivity index (χ3v) is 3.91. The van der Waals surface area contributed by atoms with Crippen LogP contribution in [0.15, 0.2) is 17.6 Å². The smallest absolute Gasteiger partial charge is 0.193 e. The summed E-state index contributed by atoms with van der Waals surface area (Å²) in [6.07, 6.45) is 5.47. The zero-order valence-electron chi connectivity index (χ0n) is 14.0. The quantitative estimate of drug-likeness (QED) is 0.220. The molecule has 1 rings (SSSR count). The van der Waals surface area contributed by atoms with Crippen LogP contribution in [-0.2, 0) is 0 Å². The van der Waals surface area contributed by atoms with Crippen molar-refractivity contribution in [3.05, 3.63) is 12.7 Å². The number of allylic oxidation sites excluding steroid dienone is 1. The SMILES string of the molecule is C=CCCCN(C)C(=NCC1CCN(CC)C1)NCC.I. The fourth-order valence-electron chi connectivity index (χ4n) is 2.61. The molecule has 0 aromatic rings. The zero-order valence-corrected chi connectivity index (χ0v) is 16.3. The van der Waals surface area contributed by atoms with Crippen LogP contribution in [0.2, 0.25) is 0 Å². The Labute approximate surface area is 148 Å². The Morgan fingerprint density at radius 1 is 1.48 bits per heavy atom. The molecule has 5 heteroatoms. The summed E-state index contributed by atoms with van der Waals surface area (Å²) in [6, 6.07) is 0. The number of guanidine groups is 1. The number of aliphatic imine (C=N–C) groups is 1. The van der Waals surface area contributed by atoms with Crippen molar-refractivity contribution in [2.24, 2.45) is 10.9 Å². The number of nitrogens with zero attached hydrogens (tertiary/aromatic N) is 3. The fourth-order valence-corrected chi connectivity index (χ4v) is 2.61. The molecule has 1 unspecified atom stereocenters. The molecule has 0 amide bonds. The van der Waals surface area contributed by atoms with Crippen LogP contribution in [0.1, 0.15) is 33.1 Å². The standard InChI is InChI=1S/C16H32N4.HI/c1-5-8-9-11-19(4)16(17-6-2)18-13-15-10-12-20(7-3)14-15;/h5,15H,1,6-14H2,2-4H3,(H,17,18);1H. The lowest BCUT2D eigenvalue weighted by Gasteiger charge is -2.22. The third kappa shape index (κ3) is 8.04. The molecule has 1 fully saturated rings. The first-order chi connectivity index (χ1) is 9.71. The average molecular weight is 408 g/mol. The molecule has 0 radical (unpaired) electrons. The summed E-state index contributed by atoms with van der Waals surface area (Å²) in [5, 5.41) is 3.39. The van der Waals surface area contributed by atoms with E-state index in [9.17, 15) is 0 Å². The highest BCUT2D eigenvalue weighted by atomic mass is 127. The molecule has 1 N–H and O–H groups in total. The van der Waals surface area contributed by atoms with Gasteiger partial charge in [0.2, 0.25) is 0 Å². The first-order valence-electron chi connectivity index (χ1n) is 8.03. The van der Waals surface area contributed by atoms with E-state index in [4.69, 9.17) is 4.99 Å². The third-order valence-electron chi connectivity index (χ3n) is 3.91. The second kappa shape index (κ2) is 12.3. The molecule has 124 valence electrons. The lowest BCUT2D eigenvalue weighted by atomic mass is 10.1. The molecule has 1 atom stereocenters. The Morgan fingerprint density at radius 2 is 2.24 bits per heavy atom. The maximum atomic E-state index is 4.82. The largest absolute Gasteiger partial charge is 0.357 e. The second-order valence-electron chi connectivity index (χ2n) is 5.60. The number of hydrogen-bond donors (Lipinski definition) is 1. The maximum absolute atomic E-state index is 4.82. The molecule has 1 aliphatic heterocycles.